The predicted molar refractivity (Wildman–Crippen MR) is 64.4 cm³/mol. The number of nitrogens with zero attached hydrogens (tertiary/aromatic N) is 4. The van der Waals surface area contributed by atoms with Crippen LogP contribution in [0.2, 0.25) is 0 Å². The van der Waals surface area contributed by atoms with E-state index in [1.165, 1.54) is 0 Å². The summed E-state index contributed by atoms with van der Waals surface area (Å²) in [6.07, 6.45) is 1.73. The Hall–Kier alpha value is -1.75. The van der Waals surface area contributed by atoms with Crippen molar-refractivity contribution in [1.29, 1.82) is 0 Å². The topological polar surface area (TPSA) is 43.6 Å². The van der Waals surface area contributed by atoms with E-state index in [1.807, 2.05) is 36.4 Å². The summed E-state index contributed by atoms with van der Waals surface area (Å²) in [4.78, 5) is 4.28. The number of rotatable bonds is 1. The SMILES string of the molecule is Brc1cccnc1-n1nnc2ccccc21. The first-order valence-electron chi connectivity index (χ1n) is 4.77. The molecule has 0 spiro atoms. The summed E-state index contributed by atoms with van der Waals surface area (Å²) in [5, 5.41) is 8.19. The van der Waals surface area contributed by atoms with Gasteiger partial charge < -0.3 is 0 Å². The summed E-state index contributed by atoms with van der Waals surface area (Å²) < 4.78 is 2.62. The number of hydrogen-bond donors (Lipinski definition) is 0. The highest BCUT2D eigenvalue weighted by Crippen LogP contribution is 2.20. The van der Waals surface area contributed by atoms with Crippen LogP contribution in [0.15, 0.2) is 47.1 Å². The van der Waals surface area contributed by atoms with Crippen molar-refractivity contribution in [1.82, 2.24) is 20.0 Å². The van der Waals surface area contributed by atoms with E-state index in [9.17, 15) is 0 Å². The maximum absolute atomic E-state index is 4.28. The molecule has 0 saturated heterocycles. The van der Waals surface area contributed by atoms with Gasteiger partial charge in [0.15, 0.2) is 5.82 Å². The highest BCUT2D eigenvalue weighted by atomic mass is 79.9. The van der Waals surface area contributed by atoms with Gasteiger partial charge in [0.25, 0.3) is 0 Å². The molecule has 0 aliphatic heterocycles. The lowest BCUT2D eigenvalue weighted by molar-refractivity contribution is 0.798. The summed E-state index contributed by atoms with van der Waals surface area (Å²) in [5.41, 5.74) is 1.81. The van der Waals surface area contributed by atoms with Crippen LogP contribution in [0.3, 0.4) is 0 Å². The molecule has 2 heterocycles. The third kappa shape index (κ3) is 1.40. The van der Waals surface area contributed by atoms with Gasteiger partial charge >= 0.3 is 0 Å². The highest BCUT2D eigenvalue weighted by molar-refractivity contribution is 9.10. The van der Waals surface area contributed by atoms with E-state index >= 15 is 0 Å². The van der Waals surface area contributed by atoms with Crippen LogP contribution in [0.1, 0.15) is 0 Å². The minimum absolute atomic E-state index is 0.746. The first kappa shape index (κ1) is 9.47. The van der Waals surface area contributed by atoms with Crippen molar-refractivity contribution in [3.05, 3.63) is 47.1 Å². The van der Waals surface area contributed by atoms with Crippen molar-refractivity contribution < 1.29 is 0 Å². The molecule has 3 rings (SSSR count). The fraction of sp³-hybridized carbons (Fsp3) is 0. The van der Waals surface area contributed by atoms with Crippen molar-refractivity contribution in [3.63, 3.8) is 0 Å². The number of halogens is 1. The summed E-state index contributed by atoms with van der Waals surface area (Å²) in [7, 11) is 0. The number of hydrogen-bond acceptors (Lipinski definition) is 3. The van der Waals surface area contributed by atoms with E-state index in [2.05, 4.69) is 31.2 Å². The molecule has 5 heteroatoms. The summed E-state index contributed by atoms with van der Waals surface area (Å²) >= 11 is 3.45. The van der Waals surface area contributed by atoms with Crippen LogP contribution >= 0.6 is 15.9 Å². The quantitative estimate of drug-likeness (QED) is 0.685. The Morgan fingerprint density at radius 3 is 2.81 bits per heavy atom. The molecular formula is C11H7BrN4. The van der Waals surface area contributed by atoms with Crippen molar-refractivity contribution in [3.8, 4) is 5.82 Å². The second-order valence-corrected chi connectivity index (χ2v) is 4.15. The van der Waals surface area contributed by atoms with Crippen LogP contribution in [0.5, 0.6) is 0 Å². The normalized spacial score (nSPS) is 10.8. The third-order valence-corrected chi connectivity index (χ3v) is 2.91. The molecule has 0 fully saturated rings. The van der Waals surface area contributed by atoms with Crippen molar-refractivity contribution >= 4 is 27.0 Å². The van der Waals surface area contributed by atoms with Gasteiger partial charge in [0.1, 0.15) is 5.52 Å². The van der Waals surface area contributed by atoms with Gasteiger partial charge in [-0.1, -0.05) is 17.3 Å². The van der Waals surface area contributed by atoms with E-state index in [4.69, 9.17) is 0 Å². The molecule has 0 aliphatic carbocycles. The zero-order valence-corrected chi connectivity index (χ0v) is 9.79. The molecule has 3 aromatic rings. The molecule has 1 aromatic carbocycles. The Labute approximate surface area is 100 Å². The van der Waals surface area contributed by atoms with Crippen LogP contribution in [0.4, 0.5) is 0 Å². The standard InChI is InChI=1S/C11H7BrN4/c12-8-4-3-7-13-11(8)16-10-6-2-1-5-9(10)14-15-16/h1-7H. The summed E-state index contributed by atoms with van der Waals surface area (Å²) in [5.74, 6) is 0.746. The lowest BCUT2D eigenvalue weighted by Crippen LogP contribution is -2.00. The highest BCUT2D eigenvalue weighted by Gasteiger charge is 2.08. The van der Waals surface area contributed by atoms with Gasteiger partial charge in [0, 0.05) is 6.20 Å². The van der Waals surface area contributed by atoms with Gasteiger partial charge in [-0.15, -0.1) is 5.10 Å². The molecule has 0 amide bonds. The largest absolute Gasteiger partial charge is 0.236 e. The second-order valence-electron chi connectivity index (χ2n) is 3.30. The van der Waals surface area contributed by atoms with Crippen molar-refractivity contribution in [2.45, 2.75) is 0 Å². The molecule has 0 radical (unpaired) electrons. The van der Waals surface area contributed by atoms with E-state index < -0.39 is 0 Å². The molecule has 0 saturated carbocycles. The molecule has 0 atom stereocenters. The molecule has 0 N–H and O–H groups in total. The Balaban J connectivity index is 2.31. The average Bonchev–Trinajstić information content (AvgIpc) is 2.74. The van der Waals surface area contributed by atoms with E-state index in [0.717, 1.165) is 21.3 Å². The lowest BCUT2D eigenvalue weighted by atomic mass is 10.3. The minimum Gasteiger partial charge on any atom is -0.236 e. The Bertz CT molecular complexity index is 647. The smallest absolute Gasteiger partial charge is 0.170 e. The molecule has 0 aliphatic rings. The fourth-order valence-corrected chi connectivity index (χ4v) is 1.98. The van der Waals surface area contributed by atoms with Gasteiger partial charge in [-0.05, 0) is 40.2 Å². The van der Waals surface area contributed by atoms with Crippen LogP contribution in [-0.2, 0) is 0 Å². The van der Waals surface area contributed by atoms with Crippen LogP contribution in [0.25, 0.3) is 16.9 Å². The van der Waals surface area contributed by atoms with E-state index in [0.29, 0.717) is 0 Å². The number of fused-ring (bicyclic) bond motifs is 1. The minimum atomic E-state index is 0.746. The molecule has 0 bridgehead atoms. The third-order valence-electron chi connectivity index (χ3n) is 2.29. The fourth-order valence-electron chi connectivity index (χ4n) is 1.56. The van der Waals surface area contributed by atoms with Gasteiger partial charge in [-0.25, -0.2) is 4.98 Å². The number of pyridine rings is 1. The van der Waals surface area contributed by atoms with Crippen LogP contribution < -0.4 is 0 Å². The second kappa shape index (κ2) is 3.68. The predicted octanol–water partition coefficient (Wildman–Crippen LogP) is 2.58. The van der Waals surface area contributed by atoms with Crippen LogP contribution in [0, 0.1) is 0 Å². The zero-order valence-electron chi connectivity index (χ0n) is 8.21. The van der Waals surface area contributed by atoms with Gasteiger partial charge in [-0.3, -0.25) is 0 Å². The van der Waals surface area contributed by atoms with E-state index in [1.54, 1.807) is 10.9 Å². The van der Waals surface area contributed by atoms with Crippen molar-refractivity contribution in [2.24, 2.45) is 0 Å². The Kier molecular flexibility index (Phi) is 2.18. The van der Waals surface area contributed by atoms with Crippen molar-refractivity contribution in [2.75, 3.05) is 0 Å². The van der Waals surface area contributed by atoms with Gasteiger partial charge in [0.2, 0.25) is 0 Å². The summed E-state index contributed by atoms with van der Waals surface area (Å²) in [6.45, 7) is 0. The van der Waals surface area contributed by atoms with Gasteiger partial charge in [0.05, 0.1) is 9.99 Å². The van der Waals surface area contributed by atoms with E-state index in [-0.39, 0.29) is 0 Å². The maximum atomic E-state index is 4.28. The monoisotopic (exact) mass is 274 g/mol. The molecule has 78 valence electrons. The Morgan fingerprint density at radius 2 is 1.94 bits per heavy atom. The molecule has 4 nitrogen and oxygen atoms in total. The van der Waals surface area contributed by atoms with Gasteiger partial charge in [-0.2, -0.15) is 4.68 Å². The molecule has 16 heavy (non-hydrogen) atoms. The summed E-state index contributed by atoms with van der Waals surface area (Å²) in [6, 6.07) is 11.6. The number of aromatic nitrogens is 4. The molecular weight excluding hydrogens is 268 g/mol. The number of benzene rings is 1. The maximum Gasteiger partial charge on any atom is 0.170 e. The number of para-hydroxylation sites is 1. The Morgan fingerprint density at radius 1 is 1.06 bits per heavy atom. The first-order chi connectivity index (χ1) is 7.86. The first-order valence-corrected chi connectivity index (χ1v) is 5.57. The average molecular weight is 275 g/mol. The molecule has 2 aromatic heterocycles. The molecule has 0 unspecified atom stereocenters. The van der Waals surface area contributed by atoms with Crippen LogP contribution in [-0.4, -0.2) is 20.0 Å². The zero-order chi connectivity index (χ0) is 11.0. The lowest BCUT2D eigenvalue weighted by Gasteiger charge is -2.02.